The van der Waals surface area contributed by atoms with Crippen molar-refractivity contribution in [3.63, 3.8) is 0 Å². The Balaban J connectivity index is 2.82. The van der Waals surface area contributed by atoms with Crippen molar-refractivity contribution in [2.75, 3.05) is 7.11 Å². The van der Waals surface area contributed by atoms with Crippen molar-refractivity contribution in [2.45, 2.75) is 19.3 Å². The molecule has 2 nitrogen and oxygen atoms in total. The normalized spacial score (nSPS) is 10.6. The molecule has 0 aliphatic rings. The molecule has 16 heavy (non-hydrogen) atoms. The summed E-state index contributed by atoms with van der Waals surface area (Å²) in [6.45, 7) is 0. The molecule has 0 saturated carbocycles. The Morgan fingerprint density at radius 3 is 2.75 bits per heavy atom. The third-order valence-electron chi connectivity index (χ3n) is 2.17. The van der Waals surface area contributed by atoms with Crippen LogP contribution in [0.15, 0.2) is 18.2 Å². The van der Waals surface area contributed by atoms with Gasteiger partial charge in [-0.15, -0.1) is 0 Å². The maximum atomic E-state index is 12.6. The van der Waals surface area contributed by atoms with Crippen molar-refractivity contribution < 1.29 is 18.3 Å². The molecular weight excluding hydrogens is 238 g/mol. The van der Waals surface area contributed by atoms with Gasteiger partial charge in [-0.2, -0.15) is 0 Å². The highest BCUT2D eigenvalue weighted by Crippen LogP contribution is 2.27. The van der Waals surface area contributed by atoms with Crippen molar-refractivity contribution in [3.8, 4) is 0 Å². The molecule has 0 aliphatic carbocycles. The Kier molecular flexibility index (Phi) is 4.68. The van der Waals surface area contributed by atoms with Crippen LogP contribution in [0, 0.1) is 0 Å². The Morgan fingerprint density at radius 2 is 2.19 bits per heavy atom. The van der Waals surface area contributed by atoms with E-state index in [1.807, 2.05) is 0 Å². The van der Waals surface area contributed by atoms with Crippen molar-refractivity contribution in [3.05, 3.63) is 34.3 Å². The first kappa shape index (κ1) is 12.9. The van der Waals surface area contributed by atoms with Crippen LogP contribution >= 0.6 is 11.6 Å². The average Bonchev–Trinajstić information content (AvgIpc) is 2.26. The monoisotopic (exact) mass is 248 g/mol. The van der Waals surface area contributed by atoms with Gasteiger partial charge in [0.25, 0.3) is 6.43 Å². The summed E-state index contributed by atoms with van der Waals surface area (Å²) >= 11 is 5.63. The van der Waals surface area contributed by atoms with E-state index in [4.69, 9.17) is 11.6 Å². The van der Waals surface area contributed by atoms with E-state index in [2.05, 4.69) is 4.74 Å². The van der Waals surface area contributed by atoms with Crippen LogP contribution in [0.4, 0.5) is 8.78 Å². The molecule has 0 amide bonds. The van der Waals surface area contributed by atoms with Gasteiger partial charge in [-0.05, 0) is 24.1 Å². The molecule has 1 rings (SSSR count). The Labute approximate surface area is 97.2 Å². The SMILES string of the molecule is COC(=O)CCc1ccc(Cl)cc1C(F)F. The highest BCUT2D eigenvalue weighted by atomic mass is 35.5. The lowest BCUT2D eigenvalue weighted by molar-refractivity contribution is -0.140. The highest BCUT2D eigenvalue weighted by Gasteiger charge is 2.14. The Morgan fingerprint density at radius 1 is 1.50 bits per heavy atom. The third-order valence-corrected chi connectivity index (χ3v) is 2.40. The first-order valence-corrected chi connectivity index (χ1v) is 5.05. The lowest BCUT2D eigenvalue weighted by Crippen LogP contribution is -2.04. The maximum Gasteiger partial charge on any atom is 0.305 e. The first-order chi connectivity index (χ1) is 7.54. The van der Waals surface area contributed by atoms with E-state index in [0.29, 0.717) is 5.56 Å². The van der Waals surface area contributed by atoms with Gasteiger partial charge >= 0.3 is 5.97 Å². The Hall–Kier alpha value is -1.16. The number of carbonyl (C=O) groups excluding carboxylic acids is 1. The highest BCUT2D eigenvalue weighted by molar-refractivity contribution is 6.30. The summed E-state index contributed by atoms with van der Waals surface area (Å²) in [7, 11) is 1.26. The lowest BCUT2D eigenvalue weighted by atomic mass is 10.0. The zero-order valence-electron chi connectivity index (χ0n) is 8.67. The second kappa shape index (κ2) is 5.80. The van der Waals surface area contributed by atoms with Crippen LogP contribution in [0.1, 0.15) is 24.0 Å². The summed E-state index contributed by atoms with van der Waals surface area (Å²) in [5.41, 5.74) is 0.293. The van der Waals surface area contributed by atoms with E-state index in [-0.39, 0.29) is 23.4 Å². The standard InChI is InChI=1S/C11H11ClF2O2/c1-16-10(15)5-3-7-2-4-8(12)6-9(7)11(13)14/h2,4,6,11H,3,5H2,1H3. The molecule has 0 heterocycles. The maximum absolute atomic E-state index is 12.6. The molecule has 0 unspecified atom stereocenters. The smallest absolute Gasteiger partial charge is 0.305 e. The lowest BCUT2D eigenvalue weighted by Gasteiger charge is -2.08. The number of esters is 1. The summed E-state index contributed by atoms with van der Waals surface area (Å²) in [4.78, 5) is 10.9. The number of benzene rings is 1. The minimum atomic E-state index is -2.59. The van der Waals surface area contributed by atoms with E-state index in [9.17, 15) is 13.6 Å². The zero-order valence-corrected chi connectivity index (χ0v) is 9.43. The van der Waals surface area contributed by atoms with Gasteiger partial charge in [0.2, 0.25) is 0 Å². The van der Waals surface area contributed by atoms with Gasteiger partial charge in [-0.25, -0.2) is 8.78 Å². The fourth-order valence-electron chi connectivity index (χ4n) is 1.34. The quantitative estimate of drug-likeness (QED) is 0.764. The third kappa shape index (κ3) is 3.45. The molecule has 0 atom stereocenters. The summed E-state index contributed by atoms with van der Waals surface area (Å²) < 4.78 is 29.7. The van der Waals surface area contributed by atoms with Crippen molar-refractivity contribution >= 4 is 17.6 Å². The molecule has 0 N–H and O–H groups in total. The summed E-state index contributed by atoms with van der Waals surface area (Å²) in [6, 6.07) is 4.26. The number of halogens is 3. The predicted octanol–water partition coefficient (Wildman–Crippen LogP) is 3.38. The van der Waals surface area contributed by atoms with E-state index in [0.717, 1.165) is 0 Å². The number of rotatable bonds is 4. The molecule has 88 valence electrons. The van der Waals surface area contributed by atoms with Crippen LogP contribution in [-0.4, -0.2) is 13.1 Å². The number of aryl methyl sites for hydroxylation is 1. The van der Waals surface area contributed by atoms with Crippen LogP contribution in [0.25, 0.3) is 0 Å². The van der Waals surface area contributed by atoms with Crippen molar-refractivity contribution in [1.29, 1.82) is 0 Å². The van der Waals surface area contributed by atoms with Crippen LogP contribution in [0.5, 0.6) is 0 Å². The molecule has 0 spiro atoms. The van der Waals surface area contributed by atoms with E-state index in [1.54, 1.807) is 0 Å². The molecule has 0 radical (unpaired) electrons. The molecule has 0 aromatic heterocycles. The minimum absolute atomic E-state index is 0.0812. The predicted molar refractivity (Wildman–Crippen MR) is 56.7 cm³/mol. The van der Waals surface area contributed by atoms with Gasteiger partial charge in [0, 0.05) is 17.0 Å². The molecule has 1 aromatic carbocycles. The van der Waals surface area contributed by atoms with Crippen LogP contribution in [-0.2, 0) is 16.0 Å². The summed E-state index contributed by atoms with van der Waals surface area (Å²) in [5.74, 6) is -0.421. The number of carbonyl (C=O) groups is 1. The molecule has 0 aliphatic heterocycles. The van der Waals surface area contributed by atoms with Gasteiger partial charge in [0.05, 0.1) is 7.11 Å². The number of ether oxygens (including phenoxy) is 1. The van der Waals surface area contributed by atoms with E-state index in [1.165, 1.54) is 25.3 Å². The molecule has 0 bridgehead atoms. The van der Waals surface area contributed by atoms with Crippen molar-refractivity contribution in [1.82, 2.24) is 0 Å². The van der Waals surface area contributed by atoms with E-state index < -0.39 is 12.4 Å². The van der Waals surface area contributed by atoms with Crippen molar-refractivity contribution in [2.24, 2.45) is 0 Å². The number of hydrogen-bond acceptors (Lipinski definition) is 2. The van der Waals surface area contributed by atoms with Crippen LogP contribution in [0.2, 0.25) is 5.02 Å². The zero-order chi connectivity index (χ0) is 12.1. The number of hydrogen-bond donors (Lipinski definition) is 0. The average molecular weight is 249 g/mol. The Bertz CT molecular complexity index is 380. The van der Waals surface area contributed by atoms with Gasteiger partial charge in [0.15, 0.2) is 0 Å². The minimum Gasteiger partial charge on any atom is -0.469 e. The van der Waals surface area contributed by atoms with Crippen LogP contribution < -0.4 is 0 Å². The molecule has 5 heteroatoms. The fraction of sp³-hybridized carbons (Fsp3) is 0.364. The van der Waals surface area contributed by atoms with E-state index >= 15 is 0 Å². The first-order valence-electron chi connectivity index (χ1n) is 4.68. The second-order valence-corrected chi connectivity index (χ2v) is 3.66. The fourth-order valence-corrected chi connectivity index (χ4v) is 1.52. The molecule has 0 fully saturated rings. The summed E-state index contributed by atoms with van der Waals surface area (Å²) in [6.07, 6.45) is -2.28. The molecule has 1 aromatic rings. The second-order valence-electron chi connectivity index (χ2n) is 3.22. The van der Waals surface area contributed by atoms with Crippen LogP contribution in [0.3, 0.4) is 0 Å². The van der Waals surface area contributed by atoms with Gasteiger partial charge in [-0.3, -0.25) is 4.79 Å². The van der Waals surface area contributed by atoms with Gasteiger partial charge in [0.1, 0.15) is 0 Å². The summed E-state index contributed by atoms with van der Waals surface area (Å²) in [5, 5.41) is 0.261. The number of alkyl halides is 2. The molecule has 0 saturated heterocycles. The van der Waals surface area contributed by atoms with Gasteiger partial charge in [-0.1, -0.05) is 17.7 Å². The van der Waals surface area contributed by atoms with Gasteiger partial charge < -0.3 is 4.74 Å². The largest absolute Gasteiger partial charge is 0.469 e. The number of methoxy groups -OCH3 is 1. The topological polar surface area (TPSA) is 26.3 Å². The molecular formula is C11H11ClF2O2.